The van der Waals surface area contributed by atoms with Crippen LogP contribution in [0.4, 0.5) is 16.6 Å². The number of aromatic nitrogens is 4. The molecule has 2 fully saturated rings. The third-order valence-corrected chi connectivity index (χ3v) is 6.36. The van der Waals surface area contributed by atoms with E-state index >= 15 is 0 Å². The largest absolute Gasteiger partial charge is 0.454 e. The first kappa shape index (κ1) is 26.2. The minimum absolute atomic E-state index is 0.0861. The first-order valence-corrected chi connectivity index (χ1v) is 12.4. The van der Waals surface area contributed by atoms with Gasteiger partial charge in [0.25, 0.3) is 5.91 Å². The lowest BCUT2D eigenvalue weighted by Gasteiger charge is -2.25. The molecule has 0 saturated carbocycles. The zero-order valence-electron chi connectivity index (χ0n) is 21.2. The van der Waals surface area contributed by atoms with Crippen molar-refractivity contribution in [1.29, 1.82) is 0 Å². The van der Waals surface area contributed by atoms with Crippen LogP contribution in [0.5, 0.6) is 11.5 Å². The molecule has 5 rings (SSSR count). The number of aryl methyl sites for hydroxylation is 1. The standard InChI is InChI=1S/C24H26ClN9O5/c1-33-7-6-27-15(22(33)35)10-17(26)30-23-32-21-20(34(23)2)19(25)16(11-29-21)38-13-3-5-28-18(9-13)31-24(36)39-14-4-8-37-12-14/h3,5,9-11,14,27H,4,6-8,12H2,1-2H3,(H,28,31,36)(H2,26,29,30,32)/b15-10-/t14-/m0/s1. The first-order chi connectivity index (χ1) is 18.8. The van der Waals surface area contributed by atoms with Crippen LogP contribution in [0, 0.1) is 0 Å². The van der Waals surface area contributed by atoms with Crippen LogP contribution in [-0.2, 0) is 21.3 Å². The molecule has 2 aliphatic rings. The van der Waals surface area contributed by atoms with Crippen molar-refractivity contribution in [3.8, 4) is 11.5 Å². The number of halogens is 1. The minimum atomic E-state index is -0.634. The number of hydrogen-bond donors (Lipinski definition) is 3. The fraction of sp³-hybridized carbons (Fsp3) is 0.333. The Bertz CT molecular complexity index is 1480. The molecule has 39 heavy (non-hydrogen) atoms. The number of hydrogen-bond acceptors (Lipinski definition) is 10. The number of rotatable bonds is 6. The third-order valence-electron chi connectivity index (χ3n) is 5.99. The fourth-order valence-corrected chi connectivity index (χ4v) is 4.28. The molecule has 2 aliphatic heterocycles. The number of carbonyl (C=O) groups excluding carboxylic acids is 2. The van der Waals surface area contributed by atoms with Crippen molar-refractivity contribution < 1.29 is 23.8 Å². The second-order valence-electron chi connectivity index (χ2n) is 8.82. The summed E-state index contributed by atoms with van der Waals surface area (Å²) in [6, 6.07) is 3.13. The molecule has 0 bridgehead atoms. The molecule has 4 N–H and O–H groups in total. The van der Waals surface area contributed by atoms with Crippen molar-refractivity contribution in [1.82, 2.24) is 29.7 Å². The average molecular weight is 556 g/mol. The number of piperazine rings is 1. The number of nitrogens with zero attached hydrogens (tertiary/aromatic N) is 6. The molecule has 1 atom stereocenters. The topological polar surface area (TPSA) is 171 Å². The third kappa shape index (κ3) is 5.86. The van der Waals surface area contributed by atoms with Crippen molar-refractivity contribution in [3.63, 3.8) is 0 Å². The maximum atomic E-state index is 12.3. The molecule has 0 aliphatic carbocycles. The maximum absolute atomic E-state index is 12.3. The molecule has 0 unspecified atom stereocenters. The summed E-state index contributed by atoms with van der Waals surface area (Å²) in [7, 11) is 3.42. The first-order valence-electron chi connectivity index (χ1n) is 12.0. The van der Waals surface area contributed by atoms with Gasteiger partial charge in [-0.05, 0) is 6.07 Å². The molecule has 0 radical (unpaired) electrons. The quantitative estimate of drug-likeness (QED) is 0.232. The highest BCUT2D eigenvalue weighted by Crippen LogP contribution is 2.36. The number of ether oxygens (including phenoxy) is 3. The zero-order valence-corrected chi connectivity index (χ0v) is 21.9. The predicted molar refractivity (Wildman–Crippen MR) is 142 cm³/mol. The highest BCUT2D eigenvalue weighted by atomic mass is 35.5. The zero-order chi connectivity index (χ0) is 27.5. The van der Waals surface area contributed by atoms with E-state index in [0.717, 1.165) is 0 Å². The monoisotopic (exact) mass is 555 g/mol. The molecule has 14 nitrogen and oxygen atoms in total. The second-order valence-corrected chi connectivity index (χ2v) is 9.20. The summed E-state index contributed by atoms with van der Waals surface area (Å²) in [6.45, 7) is 2.15. The average Bonchev–Trinajstić information content (AvgIpc) is 3.52. The summed E-state index contributed by atoms with van der Waals surface area (Å²) in [5.74, 6) is 0.997. The van der Waals surface area contributed by atoms with Crippen LogP contribution in [0.2, 0.25) is 5.02 Å². The molecule has 204 valence electrons. The number of fused-ring (bicyclic) bond motifs is 1. The van der Waals surface area contributed by atoms with Gasteiger partial charge in [0.2, 0.25) is 5.95 Å². The molecule has 0 spiro atoms. The predicted octanol–water partition coefficient (Wildman–Crippen LogP) is 2.08. The number of likely N-dealkylation sites (N-methyl/N-ethyl adjacent to an activating group) is 1. The molecular weight excluding hydrogens is 530 g/mol. The van der Waals surface area contributed by atoms with E-state index in [9.17, 15) is 9.59 Å². The van der Waals surface area contributed by atoms with E-state index in [1.807, 2.05) is 0 Å². The Labute approximate surface area is 227 Å². The Morgan fingerprint density at radius 2 is 2.23 bits per heavy atom. The number of amides is 2. The highest BCUT2D eigenvalue weighted by Gasteiger charge is 2.22. The van der Waals surface area contributed by atoms with E-state index in [-0.39, 0.29) is 40.4 Å². The van der Waals surface area contributed by atoms with Crippen molar-refractivity contribution in [3.05, 3.63) is 41.3 Å². The van der Waals surface area contributed by atoms with Gasteiger partial charge in [0, 0.05) is 51.9 Å². The number of anilines is 1. The van der Waals surface area contributed by atoms with E-state index in [2.05, 4.69) is 30.6 Å². The lowest BCUT2D eigenvalue weighted by atomic mass is 10.2. The van der Waals surface area contributed by atoms with Gasteiger partial charge in [-0.2, -0.15) is 9.98 Å². The van der Waals surface area contributed by atoms with Crippen LogP contribution < -0.4 is 21.1 Å². The molecule has 2 amide bonds. The summed E-state index contributed by atoms with van der Waals surface area (Å²) in [5.41, 5.74) is 7.23. The van der Waals surface area contributed by atoms with Crippen molar-refractivity contribution >= 4 is 52.4 Å². The molecular formula is C24H26ClN9O5. The lowest BCUT2D eigenvalue weighted by Crippen LogP contribution is -2.44. The number of pyridine rings is 2. The van der Waals surface area contributed by atoms with E-state index in [1.54, 1.807) is 29.6 Å². The molecule has 2 saturated heterocycles. The van der Waals surface area contributed by atoms with Crippen molar-refractivity contribution in [2.24, 2.45) is 17.8 Å². The number of aliphatic imine (C=N–C) groups is 1. The van der Waals surface area contributed by atoms with Crippen molar-refractivity contribution in [2.45, 2.75) is 12.5 Å². The van der Waals surface area contributed by atoms with E-state index in [1.165, 1.54) is 24.5 Å². The van der Waals surface area contributed by atoms with Gasteiger partial charge in [-0.15, -0.1) is 0 Å². The van der Waals surface area contributed by atoms with Gasteiger partial charge in [-0.1, -0.05) is 11.6 Å². The van der Waals surface area contributed by atoms with Crippen LogP contribution in [0.3, 0.4) is 0 Å². The number of nitrogens with two attached hydrogens (primary N) is 1. The molecule has 15 heteroatoms. The lowest BCUT2D eigenvalue weighted by molar-refractivity contribution is -0.127. The normalized spacial score (nSPS) is 18.9. The molecule has 3 aromatic heterocycles. The van der Waals surface area contributed by atoms with E-state index in [4.69, 9.17) is 31.5 Å². The molecule has 3 aromatic rings. The molecule has 5 heterocycles. The molecule has 0 aromatic carbocycles. The summed E-state index contributed by atoms with van der Waals surface area (Å²) in [6.07, 6.45) is 4.10. The number of amidine groups is 1. The smallest absolute Gasteiger partial charge is 0.413 e. The Morgan fingerprint density at radius 3 is 3.03 bits per heavy atom. The van der Waals surface area contributed by atoms with Crippen LogP contribution in [0.15, 0.2) is 41.3 Å². The minimum Gasteiger partial charge on any atom is -0.454 e. The van der Waals surface area contributed by atoms with Crippen LogP contribution in [0.25, 0.3) is 11.2 Å². The van der Waals surface area contributed by atoms with Gasteiger partial charge in [0.15, 0.2) is 11.4 Å². The Balaban J connectivity index is 1.33. The summed E-state index contributed by atoms with van der Waals surface area (Å²) >= 11 is 6.66. The van der Waals surface area contributed by atoms with Crippen LogP contribution in [-0.4, -0.2) is 81.7 Å². The van der Waals surface area contributed by atoms with Gasteiger partial charge < -0.3 is 34.7 Å². The van der Waals surface area contributed by atoms with Crippen molar-refractivity contribution in [2.75, 3.05) is 38.7 Å². The Hall–Kier alpha value is -4.43. The highest BCUT2D eigenvalue weighted by molar-refractivity contribution is 6.36. The fourth-order valence-electron chi connectivity index (χ4n) is 3.98. The van der Waals surface area contributed by atoms with Gasteiger partial charge in [-0.25, -0.2) is 14.8 Å². The summed E-state index contributed by atoms with van der Waals surface area (Å²) in [5, 5.41) is 5.84. The van der Waals surface area contributed by atoms with Crippen LogP contribution in [0.1, 0.15) is 6.42 Å². The van der Waals surface area contributed by atoms with Crippen LogP contribution >= 0.6 is 11.6 Å². The Morgan fingerprint density at radius 1 is 1.38 bits per heavy atom. The second kappa shape index (κ2) is 11.1. The maximum Gasteiger partial charge on any atom is 0.413 e. The van der Waals surface area contributed by atoms with Gasteiger partial charge in [0.05, 0.1) is 19.4 Å². The summed E-state index contributed by atoms with van der Waals surface area (Å²) in [4.78, 5) is 43.2. The van der Waals surface area contributed by atoms with Gasteiger partial charge >= 0.3 is 6.09 Å². The van der Waals surface area contributed by atoms with E-state index < -0.39 is 6.09 Å². The van der Waals surface area contributed by atoms with Gasteiger partial charge in [-0.3, -0.25) is 10.1 Å². The Kier molecular flexibility index (Phi) is 7.47. The SMILES string of the molecule is CN1CCN/C(=C\C(N)=Nc2nc3ncc(Oc4ccnc(NC(=O)O[C@H]5CCOC5)c4)c(Cl)c3n2C)C1=O. The number of imidazole rings is 1. The number of nitrogens with one attached hydrogen (secondary N) is 2. The van der Waals surface area contributed by atoms with Gasteiger partial charge in [0.1, 0.15) is 39.7 Å². The number of carbonyl (C=O) groups is 2. The van der Waals surface area contributed by atoms with E-state index in [0.29, 0.717) is 55.3 Å². The summed E-state index contributed by atoms with van der Waals surface area (Å²) < 4.78 is 18.1.